The Kier molecular flexibility index (Phi) is 2.07. The molecule has 1 N–H and O–H groups in total. The van der Waals surface area contributed by atoms with E-state index in [0.29, 0.717) is 5.69 Å². The third kappa shape index (κ3) is 1.23. The van der Waals surface area contributed by atoms with Crippen molar-refractivity contribution < 1.29 is 9.53 Å². The van der Waals surface area contributed by atoms with Crippen LogP contribution in [0.5, 0.6) is 0 Å². The molecule has 0 spiro atoms. The lowest BCUT2D eigenvalue weighted by Gasteiger charge is -1.93. The summed E-state index contributed by atoms with van der Waals surface area (Å²) >= 11 is 1.69. The minimum atomic E-state index is -0.314. The first-order valence-electron chi connectivity index (χ1n) is 4.30. The molecule has 0 aliphatic rings. The van der Waals surface area contributed by atoms with E-state index < -0.39 is 0 Å². The van der Waals surface area contributed by atoms with Crippen LogP contribution in [0.15, 0.2) is 6.07 Å². The number of fused-ring (bicyclic) bond motifs is 1. The number of hydrogen-bond acceptors (Lipinski definition) is 3. The fourth-order valence-electron chi connectivity index (χ4n) is 1.43. The maximum Gasteiger partial charge on any atom is 0.354 e. The molecule has 2 rings (SSSR count). The summed E-state index contributed by atoms with van der Waals surface area (Å²) in [7, 11) is 1.38. The van der Waals surface area contributed by atoms with Crippen molar-refractivity contribution >= 4 is 27.5 Å². The van der Waals surface area contributed by atoms with Gasteiger partial charge in [-0.1, -0.05) is 0 Å². The standard InChI is InChI=1S/C10H11NO2S/c1-5-6(2)14-8-4-7(10(12)13-3)11-9(5)8/h4,11H,1-3H3. The molecule has 3 nitrogen and oxygen atoms in total. The lowest BCUT2D eigenvalue weighted by atomic mass is 10.3. The van der Waals surface area contributed by atoms with Gasteiger partial charge < -0.3 is 9.72 Å². The number of aromatic nitrogens is 1. The minimum absolute atomic E-state index is 0.314. The van der Waals surface area contributed by atoms with E-state index in [1.165, 1.54) is 17.6 Å². The van der Waals surface area contributed by atoms with E-state index in [2.05, 4.69) is 16.6 Å². The predicted octanol–water partition coefficient (Wildman–Crippen LogP) is 2.63. The fourth-order valence-corrected chi connectivity index (χ4v) is 2.50. The van der Waals surface area contributed by atoms with Gasteiger partial charge in [0.15, 0.2) is 0 Å². The Hall–Kier alpha value is -1.29. The van der Waals surface area contributed by atoms with Crippen LogP contribution in [0.1, 0.15) is 20.9 Å². The molecule has 2 aromatic rings. The zero-order valence-electron chi connectivity index (χ0n) is 8.30. The summed E-state index contributed by atoms with van der Waals surface area (Å²) in [6.45, 7) is 4.12. The van der Waals surface area contributed by atoms with E-state index in [1.807, 2.05) is 13.0 Å². The highest BCUT2D eigenvalue weighted by Crippen LogP contribution is 2.30. The van der Waals surface area contributed by atoms with Crippen molar-refractivity contribution in [2.45, 2.75) is 13.8 Å². The van der Waals surface area contributed by atoms with Crippen molar-refractivity contribution in [3.63, 3.8) is 0 Å². The summed E-state index contributed by atoms with van der Waals surface area (Å²) < 4.78 is 5.75. The molecule has 0 bridgehead atoms. The van der Waals surface area contributed by atoms with Crippen LogP contribution in [0.3, 0.4) is 0 Å². The first-order chi connectivity index (χ1) is 6.63. The monoisotopic (exact) mass is 209 g/mol. The number of aromatic amines is 1. The molecule has 0 radical (unpaired) electrons. The predicted molar refractivity (Wildman–Crippen MR) is 57.0 cm³/mol. The Morgan fingerprint density at radius 3 is 2.79 bits per heavy atom. The first-order valence-corrected chi connectivity index (χ1v) is 5.12. The average molecular weight is 209 g/mol. The van der Waals surface area contributed by atoms with Gasteiger partial charge >= 0.3 is 5.97 Å². The van der Waals surface area contributed by atoms with Crippen LogP contribution in [0.2, 0.25) is 0 Å². The molecule has 0 atom stereocenters. The number of nitrogens with one attached hydrogen (secondary N) is 1. The van der Waals surface area contributed by atoms with Crippen molar-refractivity contribution in [1.82, 2.24) is 4.98 Å². The van der Waals surface area contributed by atoms with Crippen molar-refractivity contribution in [2.24, 2.45) is 0 Å². The lowest BCUT2D eigenvalue weighted by molar-refractivity contribution is 0.0595. The fraction of sp³-hybridized carbons (Fsp3) is 0.300. The second-order valence-corrected chi connectivity index (χ2v) is 4.45. The zero-order valence-corrected chi connectivity index (χ0v) is 9.12. The first kappa shape index (κ1) is 9.27. The van der Waals surface area contributed by atoms with Crippen LogP contribution in [0, 0.1) is 13.8 Å². The number of thiophene rings is 1. The molecule has 14 heavy (non-hydrogen) atoms. The van der Waals surface area contributed by atoms with E-state index in [1.54, 1.807) is 11.3 Å². The molecular formula is C10H11NO2S. The van der Waals surface area contributed by atoms with E-state index in [9.17, 15) is 4.79 Å². The topological polar surface area (TPSA) is 42.1 Å². The van der Waals surface area contributed by atoms with E-state index in [4.69, 9.17) is 0 Å². The Balaban J connectivity index is 2.59. The van der Waals surface area contributed by atoms with Gasteiger partial charge in [0.25, 0.3) is 0 Å². The number of esters is 1. The Morgan fingerprint density at radius 1 is 1.50 bits per heavy atom. The lowest BCUT2D eigenvalue weighted by Crippen LogP contribution is -2.00. The SMILES string of the molecule is COC(=O)c1cc2sc(C)c(C)c2[nH]1. The molecule has 0 aliphatic heterocycles. The van der Waals surface area contributed by atoms with Crippen molar-refractivity contribution in [3.05, 3.63) is 22.2 Å². The molecule has 0 aliphatic carbocycles. The van der Waals surface area contributed by atoms with Gasteiger partial charge in [0, 0.05) is 4.88 Å². The third-order valence-corrected chi connectivity index (χ3v) is 3.51. The highest BCUT2D eigenvalue weighted by Gasteiger charge is 2.13. The van der Waals surface area contributed by atoms with Crippen LogP contribution < -0.4 is 0 Å². The highest BCUT2D eigenvalue weighted by atomic mass is 32.1. The quantitative estimate of drug-likeness (QED) is 0.733. The van der Waals surface area contributed by atoms with Crippen LogP contribution in [-0.4, -0.2) is 18.1 Å². The normalized spacial score (nSPS) is 10.8. The smallest absolute Gasteiger partial charge is 0.354 e. The van der Waals surface area contributed by atoms with Gasteiger partial charge in [-0.15, -0.1) is 11.3 Å². The molecule has 0 saturated carbocycles. The molecule has 0 amide bonds. The Labute approximate surface area is 85.7 Å². The molecule has 0 aromatic carbocycles. The van der Waals surface area contributed by atoms with Crippen molar-refractivity contribution in [3.8, 4) is 0 Å². The number of carbonyl (C=O) groups is 1. The number of methoxy groups -OCH3 is 1. The second-order valence-electron chi connectivity index (χ2n) is 3.20. The molecule has 0 fully saturated rings. The average Bonchev–Trinajstić information content (AvgIpc) is 2.68. The van der Waals surface area contributed by atoms with Gasteiger partial charge in [-0.3, -0.25) is 0 Å². The molecule has 2 aromatic heterocycles. The second kappa shape index (κ2) is 3.13. The zero-order chi connectivity index (χ0) is 10.3. The van der Waals surface area contributed by atoms with Gasteiger partial charge in [-0.25, -0.2) is 4.79 Å². The molecule has 0 saturated heterocycles. The van der Waals surface area contributed by atoms with Crippen molar-refractivity contribution in [1.29, 1.82) is 0 Å². The van der Waals surface area contributed by atoms with Gasteiger partial charge in [0.1, 0.15) is 5.69 Å². The summed E-state index contributed by atoms with van der Waals surface area (Å²) in [6, 6.07) is 1.84. The van der Waals surface area contributed by atoms with Gasteiger partial charge in [0.05, 0.1) is 17.3 Å². The number of carbonyl (C=O) groups excluding carboxylic acids is 1. The number of H-pyrrole nitrogens is 1. The summed E-state index contributed by atoms with van der Waals surface area (Å²) in [5.41, 5.74) is 2.78. The summed E-state index contributed by atoms with van der Waals surface area (Å²) in [4.78, 5) is 15.6. The Morgan fingerprint density at radius 2 is 2.21 bits per heavy atom. The van der Waals surface area contributed by atoms with Gasteiger partial charge in [0.2, 0.25) is 0 Å². The van der Waals surface area contributed by atoms with Crippen molar-refractivity contribution in [2.75, 3.05) is 7.11 Å². The Bertz CT molecular complexity index is 495. The molecule has 2 heterocycles. The van der Waals surface area contributed by atoms with Gasteiger partial charge in [-0.2, -0.15) is 0 Å². The largest absolute Gasteiger partial charge is 0.464 e. The maximum absolute atomic E-state index is 11.2. The van der Waals surface area contributed by atoms with Gasteiger partial charge in [-0.05, 0) is 25.5 Å². The van der Waals surface area contributed by atoms with E-state index >= 15 is 0 Å². The van der Waals surface area contributed by atoms with Crippen LogP contribution in [-0.2, 0) is 4.74 Å². The number of hydrogen-bond donors (Lipinski definition) is 1. The maximum atomic E-state index is 11.2. The number of ether oxygens (including phenoxy) is 1. The molecule has 74 valence electrons. The molecular weight excluding hydrogens is 198 g/mol. The summed E-state index contributed by atoms with van der Waals surface area (Å²) in [6.07, 6.45) is 0. The van der Waals surface area contributed by atoms with Crippen LogP contribution in [0.25, 0.3) is 10.2 Å². The molecule has 0 unspecified atom stereocenters. The summed E-state index contributed by atoms with van der Waals surface area (Å²) in [5.74, 6) is -0.314. The third-order valence-electron chi connectivity index (χ3n) is 2.35. The number of aryl methyl sites for hydroxylation is 2. The van der Waals surface area contributed by atoms with Crippen LogP contribution >= 0.6 is 11.3 Å². The van der Waals surface area contributed by atoms with E-state index in [-0.39, 0.29) is 5.97 Å². The molecule has 4 heteroatoms. The van der Waals surface area contributed by atoms with E-state index in [0.717, 1.165) is 10.2 Å². The number of rotatable bonds is 1. The highest BCUT2D eigenvalue weighted by molar-refractivity contribution is 7.19. The van der Waals surface area contributed by atoms with Crippen LogP contribution in [0.4, 0.5) is 0 Å². The summed E-state index contributed by atoms with van der Waals surface area (Å²) in [5, 5.41) is 0. The minimum Gasteiger partial charge on any atom is -0.464 e.